The van der Waals surface area contributed by atoms with Crippen molar-refractivity contribution in [3.05, 3.63) is 59.7 Å². The van der Waals surface area contributed by atoms with Gasteiger partial charge in [0.2, 0.25) is 0 Å². The van der Waals surface area contributed by atoms with Gasteiger partial charge in [-0.3, -0.25) is 10.1 Å². The van der Waals surface area contributed by atoms with Crippen LogP contribution in [-0.2, 0) is 6.61 Å². The number of furan rings is 1. The van der Waals surface area contributed by atoms with E-state index in [-0.39, 0.29) is 18.3 Å². The molecule has 0 aliphatic carbocycles. The Kier molecular flexibility index (Phi) is 5.94. The molecule has 0 fully saturated rings. The summed E-state index contributed by atoms with van der Waals surface area (Å²) in [6.45, 7) is 2.07. The number of thioether (sulfide) groups is 1. The summed E-state index contributed by atoms with van der Waals surface area (Å²) in [4.78, 5) is 16.8. The lowest BCUT2D eigenvalue weighted by Crippen LogP contribution is -2.13. The van der Waals surface area contributed by atoms with E-state index in [1.165, 1.54) is 29.4 Å². The van der Waals surface area contributed by atoms with E-state index < -0.39 is 0 Å². The molecule has 3 rings (SSSR count). The number of nitrogens with one attached hydrogen (secondary N) is 1. The molecule has 0 aliphatic rings. The molecule has 132 valence electrons. The van der Waals surface area contributed by atoms with Gasteiger partial charge in [-0.2, -0.15) is 5.26 Å². The van der Waals surface area contributed by atoms with Crippen molar-refractivity contribution in [1.82, 2.24) is 4.98 Å². The summed E-state index contributed by atoms with van der Waals surface area (Å²) in [6, 6.07) is 13.1. The van der Waals surface area contributed by atoms with E-state index in [1.54, 1.807) is 6.07 Å². The summed E-state index contributed by atoms with van der Waals surface area (Å²) in [5.74, 6) is 0.872. The van der Waals surface area contributed by atoms with Crippen molar-refractivity contribution in [2.75, 3.05) is 11.1 Å². The Morgan fingerprint density at radius 2 is 2.19 bits per heavy atom. The molecule has 1 amide bonds. The van der Waals surface area contributed by atoms with Gasteiger partial charge in [-0.1, -0.05) is 41.3 Å². The molecular formula is C18H15N3O3S2. The quantitative estimate of drug-likeness (QED) is 0.603. The molecule has 0 atom stereocenters. The van der Waals surface area contributed by atoms with Gasteiger partial charge in [-0.25, -0.2) is 4.98 Å². The molecule has 26 heavy (non-hydrogen) atoms. The Hall–Kier alpha value is -2.76. The zero-order valence-corrected chi connectivity index (χ0v) is 15.5. The second-order valence-corrected chi connectivity index (χ2v) is 7.41. The van der Waals surface area contributed by atoms with Gasteiger partial charge in [0.25, 0.3) is 5.91 Å². The van der Waals surface area contributed by atoms with Crippen LogP contribution in [0.3, 0.4) is 0 Å². The number of benzene rings is 1. The van der Waals surface area contributed by atoms with Crippen LogP contribution in [0.4, 0.5) is 5.13 Å². The predicted octanol–water partition coefficient (Wildman–Crippen LogP) is 4.49. The minimum absolute atomic E-state index is 0.194. The van der Waals surface area contributed by atoms with E-state index in [4.69, 9.17) is 14.4 Å². The van der Waals surface area contributed by atoms with Gasteiger partial charge in [-0.15, -0.1) is 0 Å². The molecule has 8 heteroatoms. The summed E-state index contributed by atoms with van der Waals surface area (Å²) in [6.07, 6.45) is 1.46. The minimum atomic E-state index is -0.382. The Balaban J connectivity index is 1.65. The Morgan fingerprint density at radius 3 is 2.96 bits per heavy atom. The highest BCUT2D eigenvalue weighted by Gasteiger charge is 2.18. The molecule has 6 nitrogen and oxygen atoms in total. The number of hydrogen-bond acceptors (Lipinski definition) is 7. The van der Waals surface area contributed by atoms with Crippen molar-refractivity contribution in [1.29, 1.82) is 5.26 Å². The minimum Gasteiger partial charge on any atom is -0.489 e. The molecule has 1 aromatic carbocycles. The molecule has 0 saturated carbocycles. The fourth-order valence-corrected chi connectivity index (χ4v) is 3.94. The van der Waals surface area contributed by atoms with E-state index >= 15 is 0 Å². The maximum absolute atomic E-state index is 12.5. The van der Waals surface area contributed by atoms with E-state index in [0.29, 0.717) is 16.4 Å². The first-order valence-corrected chi connectivity index (χ1v) is 9.50. The van der Waals surface area contributed by atoms with Gasteiger partial charge in [0.05, 0.1) is 28.0 Å². The largest absolute Gasteiger partial charge is 0.489 e. The lowest BCUT2D eigenvalue weighted by atomic mass is 10.2. The average molecular weight is 385 g/mol. The van der Waals surface area contributed by atoms with Crippen LogP contribution in [0.1, 0.15) is 21.8 Å². The molecule has 0 saturated heterocycles. The summed E-state index contributed by atoms with van der Waals surface area (Å²) in [5.41, 5.74) is 1.44. The van der Waals surface area contributed by atoms with Crippen LogP contribution in [0.25, 0.3) is 0 Å². The normalized spacial score (nSPS) is 10.3. The smallest absolute Gasteiger partial charge is 0.293 e. The Labute approximate surface area is 158 Å². The number of nitriles is 1. The molecule has 0 unspecified atom stereocenters. The number of thiazole rings is 1. The topological polar surface area (TPSA) is 88.2 Å². The van der Waals surface area contributed by atoms with E-state index in [0.717, 1.165) is 15.7 Å². The monoisotopic (exact) mass is 385 g/mol. The van der Waals surface area contributed by atoms with Gasteiger partial charge in [-0.05, 0) is 25.1 Å². The molecule has 0 bridgehead atoms. The van der Waals surface area contributed by atoms with Gasteiger partial charge in [0.1, 0.15) is 12.4 Å². The zero-order chi connectivity index (χ0) is 18.4. The number of aryl methyl sites for hydroxylation is 1. The van der Waals surface area contributed by atoms with Crippen LogP contribution in [0.5, 0.6) is 5.75 Å². The number of carbonyl (C=O) groups excluding carboxylic acids is 1. The van der Waals surface area contributed by atoms with Crippen LogP contribution in [0.15, 0.2) is 51.3 Å². The predicted molar refractivity (Wildman–Crippen MR) is 101 cm³/mol. The summed E-state index contributed by atoms with van der Waals surface area (Å²) in [5, 5.41) is 11.9. The van der Waals surface area contributed by atoms with Crippen molar-refractivity contribution in [3.63, 3.8) is 0 Å². The summed E-state index contributed by atoms with van der Waals surface area (Å²) < 4.78 is 11.9. The third-order valence-corrected chi connectivity index (χ3v) is 5.63. The Morgan fingerprint density at radius 1 is 1.38 bits per heavy atom. The van der Waals surface area contributed by atoms with Crippen LogP contribution < -0.4 is 10.1 Å². The number of hydrogen-bond donors (Lipinski definition) is 1. The second-order valence-electron chi connectivity index (χ2n) is 5.17. The van der Waals surface area contributed by atoms with Crippen molar-refractivity contribution in [2.24, 2.45) is 0 Å². The van der Waals surface area contributed by atoms with Crippen LogP contribution in [-0.4, -0.2) is 16.6 Å². The number of carbonyl (C=O) groups is 1. The first kappa shape index (κ1) is 18.0. The van der Waals surface area contributed by atoms with Gasteiger partial charge >= 0.3 is 0 Å². The van der Waals surface area contributed by atoms with E-state index in [1.807, 2.05) is 37.3 Å². The first-order chi connectivity index (χ1) is 12.7. The standard InChI is InChI=1S/C18H15N3O3S2/c1-12-17(25-10-8-19)26-18(20-12)21-16(22)15-13(7-9-23-15)11-24-14-5-3-2-4-6-14/h2-7,9H,10-11H2,1H3,(H,20,21,22). The van der Waals surface area contributed by atoms with Crippen LogP contribution in [0, 0.1) is 18.3 Å². The fourth-order valence-electron chi connectivity index (χ4n) is 2.15. The third-order valence-electron chi connectivity index (χ3n) is 3.33. The molecule has 2 heterocycles. The zero-order valence-electron chi connectivity index (χ0n) is 13.9. The Bertz CT molecular complexity index is 929. The number of nitrogens with zero attached hydrogens (tertiary/aromatic N) is 2. The summed E-state index contributed by atoms with van der Waals surface area (Å²) >= 11 is 2.74. The van der Waals surface area contributed by atoms with Crippen LogP contribution >= 0.6 is 23.1 Å². The molecule has 0 radical (unpaired) electrons. The van der Waals surface area contributed by atoms with Gasteiger partial charge in [0, 0.05) is 5.56 Å². The highest BCUT2D eigenvalue weighted by molar-refractivity contribution is 8.01. The highest BCUT2D eigenvalue weighted by Crippen LogP contribution is 2.32. The highest BCUT2D eigenvalue weighted by atomic mass is 32.2. The molecule has 1 N–H and O–H groups in total. The molecule has 0 aliphatic heterocycles. The van der Waals surface area contributed by atoms with Crippen molar-refractivity contribution >= 4 is 34.1 Å². The number of ether oxygens (including phenoxy) is 1. The lowest BCUT2D eigenvalue weighted by Gasteiger charge is -2.06. The third kappa shape index (κ3) is 4.45. The number of aromatic nitrogens is 1. The van der Waals surface area contributed by atoms with Crippen molar-refractivity contribution in [2.45, 2.75) is 17.7 Å². The van der Waals surface area contributed by atoms with Crippen LogP contribution in [0.2, 0.25) is 0 Å². The van der Waals surface area contributed by atoms with Gasteiger partial charge in [0.15, 0.2) is 10.9 Å². The SMILES string of the molecule is Cc1nc(NC(=O)c2occc2COc2ccccc2)sc1SCC#N. The second kappa shape index (κ2) is 8.56. The number of rotatable bonds is 7. The number of amides is 1. The average Bonchev–Trinajstić information content (AvgIpc) is 3.25. The van der Waals surface area contributed by atoms with E-state index in [2.05, 4.69) is 16.4 Å². The van der Waals surface area contributed by atoms with Crippen molar-refractivity contribution < 1.29 is 13.9 Å². The lowest BCUT2D eigenvalue weighted by molar-refractivity contribution is 0.0993. The molecule has 0 spiro atoms. The maximum Gasteiger partial charge on any atom is 0.293 e. The van der Waals surface area contributed by atoms with E-state index in [9.17, 15) is 4.79 Å². The number of para-hydroxylation sites is 1. The van der Waals surface area contributed by atoms with Gasteiger partial charge < -0.3 is 9.15 Å². The number of anilines is 1. The maximum atomic E-state index is 12.5. The van der Waals surface area contributed by atoms with Crippen molar-refractivity contribution in [3.8, 4) is 11.8 Å². The first-order valence-electron chi connectivity index (χ1n) is 7.70. The molecular weight excluding hydrogens is 370 g/mol. The fraction of sp³-hybridized carbons (Fsp3) is 0.167. The molecule has 2 aromatic heterocycles. The summed E-state index contributed by atoms with van der Waals surface area (Å²) in [7, 11) is 0. The molecule has 3 aromatic rings.